The number of hydrogen-bond acceptors (Lipinski definition) is 5. The molecule has 0 fully saturated rings. The highest BCUT2D eigenvalue weighted by molar-refractivity contribution is 7.10. The van der Waals surface area contributed by atoms with Crippen LogP contribution in [0.3, 0.4) is 0 Å². The van der Waals surface area contributed by atoms with Gasteiger partial charge in [-0.25, -0.2) is 0 Å². The zero-order valence-electron chi connectivity index (χ0n) is 13.8. The van der Waals surface area contributed by atoms with Crippen molar-refractivity contribution in [3.8, 4) is 11.7 Å². The minimum Gasteiger partial charge on any atom is -0.459 e. The number of thiophene rings is 1. The van der Waals surface area contributed by atoms with Crippen LogP contribution in [0, 0.1) is 6.92 Å². The lowest BCUT2D eigenvalue weighted by molar-refractivity contribution is -0.703. The maximum atomic E-state index is 5.71. The molecule has 0 amide bonds. The largest absolute Gasteiger partial charge is 0.459 e. The first-order valence-electron chi connectivity index (χ1n) is 8.09. The van der Waals surface area contributed by atoms with Crippen LogP contribution in [0.15, 0.2) is 69.0 Å². The minimum atomic E-state index is 0.208. The molecule has 25 heavy (non-hydrogen) atoms. The van der Waals surface area contributed by atoms with Gasteiger partial charge in [0.15, 0.2) is 12.3 Å². The Bertz CT molecular complexity index is 912. The highest BCUT2D eigenvalue weighted by Crippen LogP contribution is 2.23. The number of nitrogens with zero attached hydrogens (tertiary/aromatic N) is 2. The summed E-state index contributed by atoms with van der Waals surface area (Å²) in [5.74, 6) is 1.59. The number of quaternary nitrogens is 1. The van der Waals surface area contributed by atoms with Crippen molar-refractivity contribution in [3.05, 3.63) is 82.1 Å². The third kappa shape index (κ3) is 3.55. The van der Waals surface area contributed by atoms with Gasteiger partial charge in [-0.3, -0.25) is 0 Å². The predicted octanol–water partition coefficient (Wildman–Crippen LogP) is 3.55. The van der Waals surface area contributed by atoms with E-state index in [0.717, 1.165) is 0 Å². The molecule has 126 valence electrons. The van der Waals surface area contributed by atoms with E-state index in [1.807, 2.05) is 6.07 Å². The number of furan rings is 1. The molecule has 0 aliphatic heterocycles. The monoisotopic (exact) mass is 352 g/mol. The molecule has 0 aliphatic rings. The van der Waals surface area contributed by atoms with Gasteiger partial charge in [0.2, 0.25) is 0 Å². The Morgan fingerprint density at radius 3 is 2.68 bits per heavy atom. The fourth-order valence-electron chi connectivity index (χ4n) is 2.71. The van der Waals surface area contributed by atoms with Crippen LogP contribution < -0.4 is 5.32 Å². The summed E-state index contributed by atoms with van der Waals surface area (Å²) in [5, 5.41) is 12.5. The van der Waals surface area contributed by atoms with Crippen LogP contribution in [0.5, 0.6) is 0 Å². The quantitative estimate of drug-likeness (QED) is 0.576. The molecule has 4 aromatic rings. The number of hydrogen-bond donors (Lipinski definition) is 1. The zero-order valence-corrected chi connectivity index (χ0v) is 14.6. The molecule has 2 N–H and O–H groups in total. The second-order valence-corrected chi connectivity index (χ2v) is 6.80. The number of rotatable bonds is 6. The van der Waals surface area contributed by atoms with E-state index in [9.17, 15) is 0 Å². The molecule has 1 aromatic carbocycles. The van der Waals surface area contributed by atoms with E-state index in [2.05, 4.69) is 64.2 Å². The highest BCUT2D eigenvalue weighted by Gasteiger charge is 2.20. The molecule has 6 heteroatoms. The SMILES string of the molecule is Cc1ccc([C@H]([NH2+]Cc2nnc(-c3ccco3)o2)c2cccs2)cc1. The van der Waals surface area contributed by atoms with Crippen molar-refractivity contribution in [1.29, 1.82) is 0 Å². The molecule has 5 nitrogen and oxygen atoms in total. The smallest absolute Gasteiger partial charge is 0.283 e. The molecule has 0 radical (unpaired) electrons. The summed E-state index contributed by atoms with van der Waals surface area (Å²) < 4.78 is 11.0. The highest BCUT2D eigenvalue weighted by atomic mass is 32.1. The van der Waals surface area contributed by atoms with Crippen LogP contribution in [0.1, 0.15) is 27.9 Å². The Morgan fingerprint density at radius 2 is 1.96 bits per heavy atom. The summed E-state index contributed by atoms with van der Waals surface area (Å²) in [6.07, 6.45) is 1.59. The third-order valence-electron chi connectivity index (χ3n) is 4.01. The van der Waals surface area contributed by atoms with E-state index < -0.39 is 0 Å². The third-order valence-corrected chi connectivity index (χ3v) is 4.97. The lowest BCUT2D eigenvalue weighted by Gasteiger charge is -2.14. The van der Waals surface area contributed by atoms with Crippen molar-refractivity contribution in [1.82, 2.24) is 10.2 Å². The van der Waals surface area contributed by atoms with E-state index in [0.29, 0.717) is 24.1 Å². The second kappa shape index (κ2) is 7.04. The Labute approximate surface area is 149 Å². The molecule has 1 atom stereocenters. The Hall–Kier alpha value is -2.70. The standard InChI is InChI=1S/C19H17N3O2S/c1-13-6-8-14(9-7-13)18(16-5-3-11-25-16)20-12-17-21-22-19(24-17)15-4-2-10-23-15/h2-11,18,20H,12H2,1H3/p+1/t18-/m0/s1. The van der Waals surface area contributed by atoms with Crippen LogP contribution in [0.25, 0.3) is 11.7 Å². The summed E-state index contributed by atoms with van der Waals surface area (Å²) in [4.78, 5) is 1.30. The van der Waals surface area contributed by atoms with Gasteiger partial charge in [0.25, 0.3) is 11.8 Å². The fourth-order valence-corrected chi connectivity index (χ4v) is 3.56. The Kier molecular flexibility index (Phi) is 4.45. The summed E-state index contributed by atoms with van der Waals surface area (Å²) in [6.45, 7) is 2.70. The van der Waals surface area contributed by atoms with E-state index in [-0.39, 0.29) is 6.04 Å². The average Bonchev–Trinajstić information content (AvgIpc) is 3.39. The van der Waals surface area contributed by atoms with Gasteiger partial charge in [0, 0.05) is 5.56 Å². The lowest BCUT2D eigenvalue weighted by atomic mass is 10.0. The maximum absolute atomic E-state index is 5.71. The zero-order chi connectivity index (χ0) is 17.1. The van der Waals surface area contributed by atoms with Gasteiger partial charge in [-0.05, 0) is 30.5 Å². The van der Waals surface area contributed by atoms with E-state index in [1.165, 1.54) is 16.0 Å². The normalized spacial score (nSPS) is 12.4. The maximum Gasteiger partial charge on any atom is 0.283 e. The van der Waals surface area contributed by atoms with Gasteiger partial charge in [-0.15, -0.1) is 21.5 Å². The number of aryl methyl sites for hydroxylation is 1. The molecule has 3 aromatic heterocycles. The molecule has 0 saturated heterocycles. The van der Waals surface area contributed by atoms with Crippen LogP contribution in [0.4, 0.5) is 0 Å². The molecule has 3 heterocycles. The van der Waals surface area contributed by atoms with Crippen molar-refractivity contribution >= 4 is 11.3 Å². The topological polar surface area (TPSA) is 68.7 Å². The summed E-state index contributed by atoms with van der Waals surface area (Å²) in [5.41, 5.74) is 2.52. The number of aromatic nitrogens is 2. The summed E-state index contributed by atoms with van der Waals surface area (Å²) >= 11 is 1.76. The van der Waals surface area contributed by atoms with Crippen molar-refractivity contribution in [2.75, 3.05) is 0 Å². The van der Waals surface area contributed by atoms with Crippen LogP contribution in [0.2, 0.25) is 0 Å². The first kappa shape index (κ1) is 15.8. The van der Waals surface area contributed by atoms with Crippen molar-refractivity contribution in [3.63, 3.8) is 0 Å². The van der Waals surface area contributed by atoms with Gasteiger partial charge in [0.05, 0.1) is 11.1 Å². The molecule has 4 rings (SSSR count). The van der Waals surface area contributed by atoms with E-state index >= 15 is 0 Å². The van der Waals surface area contributed by atoms with Crippen molar-refractivity contribution in [2.24, 2.45) is 0 Å². The van der Waals surface area contributed by atoms with Crippen molar-refractivity contribution in [2.45, 2.75) is 19.5 Å². The van der Waals surface area contributed by atoms with Gasteiger partial charge >= 0.3 is 0 Å². The van der Waals surface area contributed by atoms with E-state index in [1.54, 1.807) is 23.7 Å². The molecule has 0 bridgehead atoms. The van der Waals surface area contributed by atoms with Crippen LogP contribution in [-0.2, 0) is 6.54 Å². The Morgan fingerprint density at radius 1 is 1.08 bits per heavy atom. The molecular formula is C19H18N3O2S+. The van der Waals surface area contributed by atoms with Gasteiger partial charge in [-0.1, -0.05) is 35.9 Å². The van der Waals surface area contributed by atoms with Crippen molar-refractivity contribution < 1.29 is 14.2 Å². The predicted molar refractivity (Wildman–Crippen MR) is 95.0 cm³/mol. The summed E-state index contributed by atoms with van der Waals surface area (Å²) in [7, 11) is 0. The van der Waals surface area contributed by atoms with Gasteiger partial charge in [-0.2, -0.15) is 0 Å². The second-order valence-electron chi connectivity index (χ2n) is 5.82. The van der Waals surface area contributed by atoms with E-state index in [4.69, 9.17) is 8.83 Å². The first-order valence-corrected chi connectivity index (χ1v) is 8.97. The fraction of sp³-hybridized carbons (Fsp3) is 0.158. The molecule has 0 saturated carbocycles. The minimum absolute atomic E-state index is 0.208. The number of benzene rings is 1. The molecule has 0 unspecified atom stereocenters. The van der Waals surface area contributed by atoms with Gasteiger partial charge < -0.3 is 14.2 Å². The average molecular weight is 352 g/mol. The summed E-state index contributed by atoms with van der Waals surface area (Å²) in [6, 6.07) is 16.7. The van der Waals surface area contributed by atoms with Gasteiger partial charge in [0.1, 0.15) is 6.04 Å². The molecular weight excluding hydrogens is 334 g/mol. The molecule has 0 aliphatic carbocycles. The van der Waals surface area contributed by atoms with Crippen LogP contribution in [-0.4, -0.2) is 10.2 Å². The molecule has 0 spiro atoms. The lowest BCUT2D eigenvalue weighted by Crippen LogP contribution is -2.83. The first-order chi connectivity index (χ1) is 12.3. The number of nitrogens with two attached hydrogens (primary N) is 1. The van der Waals surface area contributed by atoms with Crippen LogP contribution >= 0.6 is 11.3 Å². The Balaban J connectivity index is 1.52.